The number of allylic oxidation sites excluding steroid dienone is 1. The van der Waals surface area contributed by atoms with Crippen LogP contribution in [-0.2, 0) is 6.42 Å². The number of H-pyrrole nitrogens is 1. The van der Waals surface area contributed by atoms with Crippen LogP contribution >= 0.6 is 0 Å². The number of hydrogen-bond acceptors (Lipinski definition) is 1. The Labute approximate surface area is 150 Å². The van der Waals surface area contributed by atoms with Crippen LogP contribution in [0, 0.1) is 13.8 Å². The van der Waals surface area contributed by atoms with Gasteiger partial charge in [0.2, 0.25) is 0 Å². The zero-order valence-electron chi connectivity index (χ0n) is 15.3. The minimum absolute atomic E-state index is 0.309. The Kier molecular flexibility index (Phi) is 5.18. The fourth-order valence-corrected chi connectivity index (χ4v) is 3.37. The van der Waals surface area contributed by atoms with Crippen LogP contribution in [0.2, 0.25) is 0 Å². The molecule has 2 aromatic carbocycles. The van der Waals surface area contributed by atoms with Crippen molar-refractivity contribution in [1.82, 2.24) is 10.2 Å². The smallest absolute Gasteiger partial charge is 0.0629 e. The SMILES string of the molecule is C=C(C)CC(c1ccc(Cc2ccccc2C)cc1)c1c[nH]nc1C. The highest BCUT2D eigenvalue weighted by Crippen LogP contribution is 2.32. The lowest BCUT2D eigenvalue weighted by molar-refractivity contribution is 0.791. The van der Waals surface area contributed by atoms with Gasteiger partial charge < -0.3 is 0 Å². The Balaban J connectivity index is 1.85. The zero-order valence-corrected chi connectivity index (χ0v) is 15.3. The van der Waals surface area contributed by atoms with Crippen LogP contribution in [-0.4, -0.2) is 10.2 Å². The lowest BCUT2D eigenvalue weighted by Crippen LogP contribution is -2.03. The number of benzene rings is 2. The van der Waals surface area contributed by atoms with Gasteiger partial charge in [0.05, 0.1) is 5.69 Å². The van der Waals surface area contributed by atoms with Gasteiger partial charge in [-0.25, -0.2) is 0 Å². The summed E-state index contributed by atoms with van der Waals surface area (Å²) in [6.07, 6.45) is 3.94. The molecule has 2 nitrogen and oxygen atoms in total. The molecule has 0 saturated carbocycles. The summed E-state index contributed by atoms with van der Waals surface area (Å²) in [6, 6.07) is 17.6. The summed E-state index contributed by atoms with van der Waals surface area (Å²) in [5.74, 6) is 0.309. The molecule has 1 N–H and O–H groups in total. The van der Waals surface area contributed by atoms with E-state index in [0.717, 1.165) is 18.5 Å². The maximum atomic E-state index is 4.30. The van der Waals surface area contributed by atoms with E-state index in [1.807, 2.05) is 6.20 Å². The van der Waals surface area contributed by atoms with Gasteiger partial charge in [0.25, 0.3) is 0 Å². The van der Waals surface area contributed by atoms with Crippen molar-refractivity contribution in [1.29, 1.82) is 0 Å². The van der Waals surface area contributed by atoms with Crippen LogP contribution in [0.15, 0.2) is 66.9 Å². The molecule has 0 radical (unpaired) electrons. The summed E-state index contributed by atoms with van der Waals surface area (Å²) < 4.78 is 0. The van der Waals surface area contributed by atoms with Crippen molar-refractivity contribution in [2.24, 2.45) is 0 Å². The number of rotatable bonds is 6. The summed E-state index contributed by atoms with van der Waals surface area (Å²) in [5.41, 5.74) is 8.91. The molecule has 0 spiro atoms. The van der Waals surface area contributed by atoms with Crippen LogP contribution in [0.3, 0.4) is 0 Å². The predicted octanol–water partition coefficient (Wildman–Crippen LogP) is 5.72. The third-order valence-corrected chi connectivity index (χ3v) is 4.84. The Morgan fingerprint density at radius 1 is 1.08 bits per heavy atom. The molecule has 0 fully saturated rings. The molecule has 0 saturated heterocycles. The molecule has 3 rings (SSSR count). The van der Waals surface area contributed by atoms with Gasteiger partial charge >= 0.3 is 0 Å². The van der Waals surface area contributed by atoms with Crippen molar-refractivity contribution < 1.29 is 0 Å². The van der Waals surface area contributed by atoms with Crippen molar-refractivity contribution >= 4 is 0 Å². The Morgan fingerprint density at radius 3 is 2.40 bits per heavy atom. The second-order valence-electron chi connectivity index (χ2n) is 6.98. The lowest BCUT2D eigenvalue weighted by Gasteiger charge is -2.18. The van der Waals surface area contributed by atoms with Crippen molar-refractivity contribution in [3.63, 3.8) is 0 Å². The maximum absolute atomic E-state index is 4.30. The van der Waals surface area contributed by atoms with Gasteiger partial charge in [0, 0.05) is 17.7 Å². The Hall–Kier alpha value is -2.61. The van der Waals surface area contributed by atoms with Gasteiger partial charge in [-0.05, 0) is 55.9 Å². The van der Waals surface area contributed by atoms with E-state index >= 15 is 0 Å². The quantitative estimate of drug-likeness (QED) is 0.576. The average Bonchev–Trinajstić information content (AvgIpc) is 3.01. The Morgan fingerprint density at radius 2 is 1.80 bits per heavy atom. The highest BCUT2D eigenvalue weighted by Gasteiger charge is 2.18. The molecule has 1 unspecified atom stereocenters. The molecule has 1 heterocycles. The summed E-state index contributed by atoms with van der Waals surface area (Å²) in [6.45, 7) is 10.4. The van der Waals surface area contributed by atoms with Crippen molar-refractivity contribution in [3.8, 4) is 0 Å². The fourth-order valence-electron chi connectivity index (χ4n) is 3.37. The highest BCUT2D eigenvalue weighted by atomic mass is 15.1. The monoisotopic (exact) mass is 330 g/mol. The van der Waals surface area contributed by atoms with E-state index in [1.165, 1.54) is 33.4 Å². The van der Waals surface area contributed by atoms with Gasteiger partial charge in [-0.2, -0.15) is 5.10 Å². The maximum Gasteiger partial charge on any atom is 0.0629 e. The van der Waals surface area contributed by atoms with Crippen LogP contribution < -0.4 is 0 Å². The lowest BCUT2D eigenvalue weighted by atomic mass is 9.86. The zero-order chi connectivity index (χ0) is 17.8. The molecule has 128 valence electrons. The van der Waals surface area contributed by atoms with Gasteiger partial charge in [-0.15, -0.1) is 6.58 Å². The van der Waals surface area contributed by atoms with E-state index in [1.54, 1.807) is 0 Å². The number of hydrogen-bond donors (Lipinski definition) is 1. The predicted molar refractivity (Wildman–Crippen MR) is 105 cm³/mol. The largest absolute Gasteiger partial charge is 0.285 e. The molecular formula is C23H26N2. The standard InChI is InChI=1S/C23H26N2/c1-16(2)13-22(23-15-24-25-18(23)4)20-11-9-19(10-12-20)14-21-8-6-5-7-17(21)3/h5-12,15,22H,1,13-14H2,2-4H3,(H,24,25). The van der Waals surface area contributed by atoms with E-state index in [-0.39, 0.29) is 0 Å². The summed E-state index contributed by atoms with van der Waals surface area (Å²) in [7, 11) is 0. The van der Waals surface area contributed by atoms with Gasteiger partial charge in [-0.3, -0.25) is 5.10 Å². The van der Waals surface area contributed by atoms with Crippen molar-refractivity contribution in [3.05, 3.63) is 100 Å². The molecule has 0 aliphatic heterocycles. The second-order valence-corrected chi connectivity index (χ2v) is 6.98. The van der Waals surface area contributed by atoms with Crippen LogP contribution in [0.25, 0.3) is 0 Å². The van der Waals surface area contributed by atoms with E-state index in [4.69, 9.17) is 0 Å². The molecule has 3 aromatic rings. The van der Waals surface area contributed by atoms with Crippen LogP contribution in [0.1, 0.15) is 52.8 Å². The third kappa shape index (κ3) is 4.08. The number of aryl methyl sites for hydroxylation is 2. The molecule has 2 heteroatoms. The number of nitrogens with one attached hydrogen (secondary N) is 1. The Bertz CT molecular complexity index is 856. The molecule has 0 amide bonds. The first-order chi connectivity index (χ1) is 12.0. The molecule has 0 bridgehead atoms. The second kappa shape index (κ2) is 7.52. The normalized spacial score (nSPS) is 12.1. The van der Waals surface area contributed by atoms with Gasteiger partial charge in [0.15, 0.2) is 0 Å². The average molecular weight is 330 g/mol. The molecule has 0 aliphatic carbocycles. The van der Waals surface area contributed by atoms with Crippen molar-refractivity contribution in [2.45, 2.75) is 39.5 Å². The first-order valence-corrected chi connectivity index (χ1v) is 8.82. The number of aromatic amines is 1. The van der Waals surface area contributed by atoms with Gasteiger partial charge in [-0.1, -0.05) is 54.1 Å². The van der Waals surface area contributed by atoms with Gasteiger partial charge in [0.1, 0.15) is 0 Å². The molecule has 1 atom stereocenters. The van der Waals surface area contributed by atoms with Crippen molar-refractivity contribution in [2.75, 3.05) is 0 Å². The minimum atomic E-state index is 0.309. The third-order valence-electron chi connectivity index (χ3n) is 4.84. The van der Waals surface area contributed by atoms with E-state index < -0.39 is 0 Å². The van der Waals surface area contributed by atoms with Crippen LogP contribution in [0.5, 0.6) is 0 Å². The molecule has 25 heavy (non-hydrogen) atoms. The summed E-state index contributed by atoms with van der Waals surface area (Å²) in [5, 5.41) is 7.29. The topological polar surface area (TPSA) is 28.7 Å². The summed E-state index contributed by atoms with van der Waals surface area (Å²) >= 11 is 0. The number of aromatic nitrogens is 2. The first kappa shape index (κ1) is 17.2. The van der Waals surface area contributed by atoms with Crippen LogP contribution in [0.4, 0.5) is 0 Å². The minimum Gasteiger partial charge on any atom is -0.285 e. The fraction of sp³-hybridized carbons (Fsp3) is 0.261. The molecule has 1 aromatic heterocycles. The van der Waals surface area contributed by atoms with E-state index in [0.29, 0.717) is 5.92 Å². The molecule has 0 aliphatic rings. The summed E-state index contributed by atoms with van der Waals surface area (Å²) in [4.78, 5) is 0. The highest BCUT2D eigenvalue weighted by molar-refractivity contribution is 5.38. The van der Waals surface area contributed by atoms with E-state index in [9.17, 15) is 0 Å². The first-order valence-electron chi connectivity index (χ1n) is 8.82. The van der Waals surface area contributed by atoms with E-state index in [2.05, 4.69) is 86.1 Å². The molecular weight excluding hydrogens is 304 g/mol. The number of nitrogens with zero attached hydrogens (tertiary/aromatic N) is 1.